The van der Waals surface area contributed by atoms with E-state index in [1.807, 2.05) is 24.3 Å². The van der Waals surface area contributed by atoms with Crippen LogP contribution in [0.1, 0.15) is 35.5 Å². The van der Waals surface area contributed by atoms with Crippen LogP contribution in [0.3, 0.4) is 0 Å². The van der Waals surface area contributed by atoms with Crippen molar-refractivity contribution in [3.63, 3.8) is 0 Å². The molecule has 152 valence electrons. The molecule has 1 aliphatic carbocycles. The summed E-state index contributed by atoms with van der Waals surface area (Å²) >= 11 is 3.25. The first-order valence-electron chi connectivity index (χ1n) is 9.69. The molecule has 0 atom stereocenters. The first kappa shape index (κ1) is 20.0. The van der Waals surface area contributed by atoms with Crippen LogP contribution in [0, 0.1) is 0 Å². The third-order valence-corrected chi connectivity index (χ3v) is 7.12. The van der Waals surface area contributed by atoms with Crippen molar-refractivity contribution in [1.29, 1.82) is 0 Å². The number of benzene rings is 1. The van der Waals surface area contributed by atoms with Gasteiger partial charge < -0.3 is 15.0 Å². The molecule has 29 heavy (non-hydrogen) atoms. The van der Waals surface area contributed by atoms with E-state index in [2.05, 4.69) is 15.3 Å². The number of hydrogen-bond acceptors (Lipinski definition) is 6. The molecule has 8 heteroatoms. The number of nitrogens with zero attached hydrogens (tertiary/aromatic N) is 1. The SMILES string of the molecule is COc1ccccc1NC(=O)CCSCc1nc2sc3c(c2c(=O)[nH]1)CCCC3. The van der Waals surface area contributed by atoms with Gasteiger partial charge in [0.1, 0.15) is 16.4 Å². The zero-order valence-corrected chi connectivity index (χ0v) is 17.9. The fourth-order valence-electron chi connectivity index (χ4n) is 3.57. The number of fused-ring (bicyclic) bond motifs is 3. The zero-order valence-electron chi connectivity index (χ0n) is 16.2. The number of amides is 1. The maximum absolute atomic E-state index is 12.6. The number of aromatic amines is 1. The standard InChI is InChI=1S/C21H23N3O3S2/c1-27-15-8-4-3-7-14(15)22-18(25)10-11-28-12-17-23-20(26)19-13-6-2-5-9-16(13)29-21(19)24-17/h3-4,7-8H,2,5-6,9-12H2,1H3,(H,22,25)(H,23,24,26). The molecule has 0 spiro atoms. The molecule has 0 saturated carbocycles. The maximum atomic E-state index is 12.6. The highest BCUT2D eigenvalue weighted by atomic mass is 32.2. The van der Waals surface area contributed by atoms with Gasteiger partial charge in [0.2, 0.25) is 5.91 Å². The first-order valence-corrected chi connectivity index (χ1v) is 11.7. The van der Waals surface area contributed by atoms with Gasteiger partial charge in [0.05, 0.1) is 23.9 Å². The van der Waals surface area contributed by atoms with Crippen LogP contribution in [0.15, 0.2) is 29.1 Å². The lowest BCUT2D eigenvalue weighted by atomic mass is 9.97. The van der Waals surface area contributed by atoms with Crippen LogP contribution in [0.25, 0.3) is 10.2 Å². The van der Waals surface area contributed by atoms with E-state index in [1.165, 1.54) is 16.9 Å². The Labute approximate surface area is 177 Å². The Balaban J connectivity index is 1.33. The number of carbonyl (C=O) groups excluding carboxylic acids is 1. The Bertz CT molecular complexity index is 1090. The molecule has 2 N–H and O–H groups in total. The fourth-order valence-corrected chi connectivity index (χ4v) is 5.66. The van der Waals surface area contributed by atoms with Crippen molar-refractivity contribution in [1.82, 2.24) is 9.97 Å². The minimum absolute atomic E-state index is 0.0288. The van der Waals surface area contributed by atoms with Gasteiger partial charge in [-0.05, 0) is 43.4 Å². The number of H-pyrrole nitrogens is 1. The van der Waals surface area contributed by atoms with E-state index in [1.54, 1.807) is 30.2 Å². The van der Waals surface area contributed by atoms with Gasteiger partial charge in [-0.25, -0.2) is 4.98 Å². The predicted molar refractivity (Wildman–Crippen MR) is 119 cm³/mol. The van der Waals surface area contributed by atoms with Gasteiger partial charge in [0.25, 0.3) is 5.56 Å². The maximum Gasteiger partial charge on any atom is 0.259 e. The van der Waals surface area contributed by atoms with Gasteiger partial charge in [0.15, 0.2) is 0 Å². The summed E-state index contributed by atoms with van der Waals surface area (Å²) in [6, 6.07) is 7.34. The molecule has 0 radical (unpaired) electrons. The largest absolute Gasteiger partial charge is 0.495 e. The number of ether oxygens (including phenoxy) is 1. The molecule has 0 aliphatic heterocycles. The molecule has 3 aromatic rings. The lowest BCUT2D eigenvalue weighted by Gasteiger charge is -2.10. The van der Waals surface area contributed by atoms with Crippen molar-refractivity contribution in [2.45, 2.75) is 37.9 Å². The number of thioether (sulfide) groups is 1. The zero-order chi connectivity index (χ0) is 20.2. The Morgan fingerprint density at radius 1 is 1.31 bits per heavy atom. The second-order valence-corrected chi connectivity index (χ2v) is 9.14. The lowest BCUT2D eigenvalue weighted by molar-refractivity contribution is -0.115. The van der Waals surface area contributed by atoms with E-state index in [0.29, 0.717) is 35.2 Å². The normalized spacial score (nSPS) is 13.3. The molecular formula is C21H23N3O3S2. The second-order valence-electron chi connectivity index (χ2n) is 6.95. The molecule has 0 bridgehead atoms. The molecule has 2 aromatic heterocycles. The van der Waals surface area contributed by atoms with E-state index in [9.17, 15) is 9.59 Å². The molecule has 0 fully saturated rings. The van der Waals surface area contributed by atoms with Crippen molar-refractivity contribution >= 4 is 44.9 Å². The van der Waals surface area contributed by atoms with Crippen molar-refractivity contribution in [3.05, 3.63) is 50.9 Å². The van der Waals surface area contributed by atoms with Crippen LogP contribution in [0.4, 0.5) is 5.69 Å². The third kappa shape index (κ3) is 4.48. The molecule has 1 amide bonds. The average molecular weight is 430 g/mol. The highest BCUT2D eigenvalue weighted by Crippen LogP contribution is 2.33. The smallest absolute Gasteiger partial charge is 0.259 e. The fraction of sp³-hybridized carbons (Fsp3) is 0.381. The lowest BCUT2D eigenvalue weighted by Crippen LogP contribution is -2.14. The van der Waals surface area contributed by atoms with Crippen LogP contribution < -0.4 is 15.6 Å². The molecule has 4 rings (SSSR count). The van der Waals surface area contributed by atoms with Gasteiger partial charge >= 0.3 is 0 Å². The highest BCUT2D eigenvalue weighted by molar-refractivity contribution is 7.98. The van der Waals surface area contributed by atoms with E-state index < -0.39 is 0 Å². The number of rotatable bonds is 7. The number of nitrogens with one attached hydrogen (secondary N) is 2. The molecular weight excluding hydrogens is 406 g/mol. The summed E-state index contributed by atoms with van der Waals surface area (Å²) in [5, 5.41) is 3.66. The van der Waals surface area contributed by atoms with Crippen LogP contribution >= 0.6 is 23.1 Å². The molecule has 6 nitrogen and oxygen atoms in total. The number of carbonyl (C=O) groups is 1. The van der Waals surface area contributed by atoms with Crippen LogP contribution in [0.5, 0.6) is 5.75 Å². The van der Waals surface area contributed by atoms with Gasteiger partial charge in [-0.2, -0.15) is 11.8 Å². The van der Waals surface area contributed by atoms with E-state index in [4.69, 9.17) is 4.74 Å². The van der Waals surface area contributed by atoms with Crippen LogP contribution in [-0.4, -0.2) is 28.7 Å². The Morgan fingerprint density at radius 2 is 2.14 bits per heavy atom. The molecule has 1 aromatic carbocycles. The van der Waals surface area contributed by atoms with E-state index in [-0.39, 0.29) is 11.5 Å². The van der Waals surface area contributed by atoms with Crippen LogP contribution in [-0.2, 0) is 23.4 Å². The quantitative estimate of drug-likeness (QED) is 0.552. The minimum Gasteiger partial charge on any atom is -0.495 e. The Kier molecular flexibility index (Phi) is 6.20. The second kappa shape index (κ2) is 9.00. The number of methoxy groups -OCH3 is 1. The number of aryl methyl sites for hydroxylation is 2. The Morgan fingerprint density at radius 3 is 3.00 bits per heavy atom. The summed E-state index contributed by atoms with van der Waals surface area (Å²) in [5.41, 5.74) is 1.85. The van der Waals surface area contributed by atoms with Gasteiger partial charge in [-0.3, -0.25) is 9.59 Å². The van der Waals surface area contributed by atoms with Crippen molar-refractivity contribution in [2.75, 3.05) is 18.2 Å². The van der Waals surface area contributed by atoms with E-state index >= 15 is 0 Å². The van der Waals surface area contributed by atoms with Crippen molar-refractivity contribution < 1.29 is 9.53 Å². The van der Waals surface area contributed by atoms with Gasteiger partial charge in [-0.1, -0.05) is 12.1 Å². The number of thiophene rings is 1. The van der Waals surface area contributed by atoms with Crippen molar-refractivity contribution in [3.8, 4) is 5.75 Å². The molecule has 0 unspecified atom stereocenters. The van der Waals surface area contributed by atoms with Crippen molar-refractivity contribution in [2.24, 2.45) is 0 Å². The van der Waals surface area contributed by atoms with E-state index in [0.717, 1.165) is 29.5 Å². The number of hydrogen-bond donors (Lipinski definition) is 2. The average Bonchev–Trinajstić information content (AvgIpc) is 3.10. The van der Waals surface area contributed by atoms with Gasteiger partial charge in [-0.15, -0.1) is 11.3 Å². The number of aromatic nitrogens is 2. The number of para-hydroxylation sites is 2. The first-order chi connectivity index (χ1) is 14.2. The third-order valence-electron chi connectivity index (χ3n) is 4.97. The van der Waals surface area contributed by atoms with Gasteiger partial charge in [0, 0.05) is 17.1 Å². The predicted octanol–water partition coefficient (Wildman–Crippen LogP) is 4.13. The topological polar surface area (TPSA) is 84.1 Å². The monoisotopic (exact) mass is 429 g/mol. The summed E-state index contributed by atoms with van der Waals surface area (Å²) in [6.45, 7) is 0. The summed E-state index contributed by atoms with van der Waals surface area (Å²) < 4.78 is 5.25. The number of anilines is 1. The summed E-state index contributed by atoms with van der Waals surface area (Å²) in [6.07, 6.45) is 4.75. The summed E-state index contributed by atoms with van der Waals surface area (Å²) in [7, 11) is 1.58. The molecule has 0 saturated heterocycles. The summed E-state index contributed by atoms with van der Waals surface area (Å²) in [5.74, 6) is 2.47. The Hall–Kier alpha value is -2.32. The molecule has 1 aliphatic rings. The minimum atomic E-state index is -0.0650. The highest BCUT2D eigenvalue weighted by Gasteiger charge is 2.19. The van der Waals surface area contributed by atoms with Crippen LogP contribution in [0.2, 0.25) is 0 Å². The summed E-state index contributed by atoms with van der Waals surface area (Å²) in [4.78, 5) is 34.5. The molecule has 2 heterocycles.